The molecule has 0 atom stereocenters. The van der Waals surface area contributed by atoms with E-state index < -0.39 is 10.0 Å². The first-order valence-corrected chi connectivity index (χ1v) is 12.8. The van der Waals surface area contributed by atoms with E-state index in [2.05, 4.69) is 21.9 Å². The Morgan fingerprint density at radius 3 is 2.38 bits per heavy atom. The maximum atomic E-state index is 12.6. The van der Waals surface area contributed by atoms with E-state index in [1.807, 2.05) is 0 Å². The van der Waals surface area contributed by atoms with Gasteiger partial charge < -0.3 is 14.9 Å². The number of azo groups is 1. The molecule has 2 rings (SSSR count). The highest BCUT2D eigenvalue weighted by atomic mass is 32.2. The molecule has 0 radical (unpaired) electrons. The smallest absolute Gasteiger partial charge is 0.256 e. The van der Waals surface area contributed by atoms with E-state index in [1.54, 1.807) is 13.8 Å². The number of benzene rings is 1. The maximum absolute atomic E-state index is 12.6. The average Bonchev–Trinajstić information content (AvgIpc) is 2.82. The van der Waals surface area contributed by atoms with Crippen molar-refractivity contribution in [1.82, 2.24) is 9.29 Å². The molecule has 0 spiro atoms. The minimum absolute atomic E-state index is 0.0594. The number of pyridine rings is 1. The number of hydrogen-bond donors (Lipinski definition) is 3. The van der Waals surface area contributed by atoms with Crippen LogP contribution in [0, 0.1) is 13.8 Å². The Hall–Kier alpha value is -2.60. The lowest BCUT2D eigenvalue weighted by Gasteiger charge is -2.14. The number of aromatic nitrogens is 1. The van der Waals surface area contributed by atoms with E-state index in [4.69, 9.17) is 9.84 Å². The molecule has 0 aliphatic rings. The third-order valence-corrected chi connectivity index (χ3v) is 6.85. The number of nitrogens with one attached hydrogen (secondary N) is 1. The number of aliphatic hydroxyl groups excluding tert-OH is 1. The summed E-state index contributed by atoms with van der Waals surface area (Å²) < 4.78 is 33.5. The van der Waals surface area contributed by atoms with Crippen LogP contribution in [-0.2, 0) is 21.3 Å². The monoisotopic (exact) mass is 494 g/mol. The Bertz CT molecular complexity index is 1130. The first-order valence-electron chi connectivity index (χ1n) is 11.4. The van der Waals surface area contributed by atoms with Gasteiger partial charge in [-0.05, 0) is 50.1 Å². The molecular formula is C23H34N4O6S. The molecule has 0 fully saturated rings. The first-order chi connectivity index (χ1) is 16.2. The van der Waals surface area contributed by atoms with Crippen LogP contribution in [0.3, 0.4) is 0 Å². The van der Waals surface area contributed by atoms with E-state index in [-0.39, 0.29) is 48.4 Å². The van der Waals surface area contributed by atoms with Crippen LogP contribution in [0.4, 0.5) is 11.4 Å². The Balaban J connectivity index is 2.17. The van der Waals surface area contributed by atoms with E-state index in [0.29, 0.717) is 23.4 Å². The van der Waals surface area contributed by atoms with E-state index in [9.17, 15) is 18.3 Å². The molecule has 0 saturated heterocycles. The van der Waals surface area contributed by atoms with E-state index >= 15 is 0 Å². The minimum atomic E-state index is -3.72. The standard InChI is InChI=1S/C23H34N4O6S/c1-4-5-6-7-13-27-22(29)18(3)17(2)21(23(27)30)26-25-19-8-10-20(11-9-19)34(31,32)24-12-15-33-16-14-28/h8-11,24,28,30H,4-7,12-16H2,1-3H3/b26-25+. The van der Waals surface area contributed by atoms with Crippen molar-refractivity contribution >= 4 is 21.4 Å². The van der Waals surface area contributed by atoms with Crippen molar-refractivity contribution in [1.29, 1.82) is 0 Å². The van der Waals surface area contributed by atoms with Gasteiger partial charge in [-0.1, -0.05) is 26.2 Å². The van der Waals surface area contributed by atoms with Gasteiger partial charge in [-0.15, -0.1) is 5.11 Å². The molecule has 188 valence electrons. The fourth-order valence-corrected chi connectivity index (χ4v) is 4.27. The molecule has 1 aromatic heterocycles. The van der Waals surface area contributed by atoms with Gasteiger partial charge in [0, 0.05) is 18.7 Å². The zero-order valence-electron chi connectivity index (χ0n) is 20.0. The molecule has 2 aromatic rings. The predicted molar refractivity (Wildman–Crippen MR) is 130 cm³/mol. The number of nitrogens with zero attached hydrogens (tertiary/aromatic N) is 3. The summed E-state index contributed by atoms with van der Waals surface area (Å²) in [6.07, 6.45) is 3.87. The van der Waals surface area contributed by atoms with Gasteiger partial charge in [0.05, 0.1) is 30.4 Å². The molecule has 1 heterocycles. The van der Waals surface area contributed by atoms with Crippen LogP contribution in [0.1, 0.15) is 43.7 Å². The van der Waals surface area contributed by atoms with Gasteiger partial charge in [0.25, 0.3) is 5.56 Å². The van der Waals surface area contributed by atoms with Crippen molar-refractivity contribution in [3.63, 3.8) is 0 Å². The van der Waals surface area contributed by atoms with Crippen molar-refractivity contribution in [3.05, 3.63) is 45.7 Å². The Labute approximate surface area is 200 Å². The zero-order valence-corrected chi connectivity index (χ0v) is 20.8. The summed E-state index contributed by atoms with van der Waals surface area (Å²) in [5.41, 5.74) is 1.41. The minimum Gasteiger partial charge on any atom is -0.493 e. The molecule has 0 bridgehead atoms. The Morgan fingerprint density at radius 1 is 1.03 bits per heavy atom. The van der Waals surface area contributed by atoms with Crippen LogP contribution >= 0.6 is 0 Å². The summed E-state index contributed by atoms with van der Waals surface area (Å²) >= 11 is 0. The number of aliphatic hydroxyl groups is 1. The first kappa shape index (κ1) is 27.6. The van der Waals surface area contributed by atoms with Crippen LogP contribution in [-0.4, -0.2) is 49.6 Å². The van der Waals surface area contributed by atoms with Crippen LogP contribution in [0.2, 0.25) is 0 Å². The number of hydrogen-bond acceptors (Lipinski definition) is 8. The van der Waals surface area contributed by atoms with Crippen LogP contribution in [0.15, 0.2) is 44.2 Å². The SMILES string of the molecule is CCCCCCn1c(O)c(/N=N/c2ccc(S(=O)(=O)NCCOCCO)cc2)c(C)c(C)c1=O. The third kappa shape index (κ3) is 7.45. The van der Waals surface area contributed by atoms with Crippen molar-refractivity contribution in [2.75, 3.05) is 26.4 Å². The Morgan fingerprint density at radius 2 is 1.74 bits per heavy atom. The van der Waals surface area contributed by atoms with Gasteiger partial charge in [0.15, 0.2) is 0 Å². The molecule has 34 heavy (non-hydrogen) atoms. The number of ether oxygens (including phenoxy) is 1. The quantitative estimate of drug-likeness (QED) is 0.271. The largest absolute Gasteiger partial charge is 0.493 e. The third-order valence-electron chi connectivity index (χ3n) is 5.37. The molecule has 0 amide bonds. The second-order valence-electron chi connectivity index (χ2n) is 7.87. The summed E-state index contributed by atoms with van der Waals surface area (Å²) in [5.74, 6) is -0.222. The molecule has 0 aliphatic carbocycles. The molecule has 0 saturated carbocycles. The highest BCUT2D eigenvalue weighted by Gasteiger charge is 2.17. The highest BCUT2D eigenvalue weighted by molar-refractivity contribution is 7.89. The topological polar surface area (TPSA) is 143 Å². The summed E-state index contributed by atoms with van der Waals surface area (Å²) in [4.78, 5) is 12.7. The maximum Gasteiger partial charge on any atom is 0.256 e. The number of sulfonamides is 1. The van der Waals surface area contributed by atoms with Gasteiger partial charge in [-0.2, -0.15) is 5.11 Å². The van der Waals surface area contributed by atoms with Gasteiger partial charge in [-0.3, -0.25) is 9.36 Å². The summed E-state index contributed by atoms with van der Waals surface area (Å²) in [6.45, 7) is 6.15. The molecule has 11 heteroatoms. The Kier molecular flexibility index (Phi) is 10.8. The summed E-state index contributed by atoms with van der Waals surface area (Å²) in [7, 11) is -3.72. The van der Waals surface area contributed by atoms with E-state index in [1.165, 1.54) is 28.8 Å². The lowest BCUT2D eigenvalue weighted by atomic mass is 10.1. The molecule has 1 aromatic carbocycles. The van der Waals surface area contributed by atoms with Crippen molar-refractivity contribution in [2.24, 2.45) is 10.2 Å². The average molecular weight is 495 g/mol. The van der Waals surface area contributed by atoms with Gasteiger partial charge in [-0.25, -0.2) is 13.1 Å². The fraction of sp³-hybridized carbons (Fsp3) is 0.522. The molecular weight excluding hydrogens is 460 g/mol. The number of rotatable bonds is 14. The van der Waals surface area contributed by atoms with Crippen molar-refractivity contribution in [2.45, 2.75) is 57.9 Å². The molecule has 0 aliphatic heterocycles. The highest BCUT2D eigenvalue weighted by Crippen LogP contribution is 2.32. The van der Waals surface area contributed by atoms with Gasteiger partial charge in [0.1, 0.15) is 5.69 Å². The number of aromatic hydroxyl groups is 1. The second-order valence-corrected chi connectivity index (χ2v) is 9.63. The van der Waals surface area contributed by atoms with Crippen LogP contribution < -0.4 is 10.3 Å². The lowest BCUT2D eigenvalue weighted by Crippen LogP contribution is -2.27. The molecule has 0 unspecified atom stereocenters. The molecule has 10 nitrogen and oxygen atoms in total. The summed E-state index contributed by atoms with van der Waals surface area (Å²) in [5, 5.41) is 27.6. The van der Waals surface area contributed by atoms with Crippen LogP contribution in [0.25, 0.3) is 0 Å². The predicted octanol–water partition coefficient (Wildman–Crippen LogP) is 3.45. The van der Waals surface area contributed by atoms with E-state index in [0.717, 1.165) is 25.7 Å². The van der Waals surface area contributed by atoms with Crippen LogP contribution in [0.5, 0.6) is 5.88 Å². The lowest BCUT2D eigenvalue weighted by molar-refractivity contribution is 0.0961. The van der Waals surface area contributed by atoms with Gasteiger partial charge >= 0.3 is 0 Å². The summed E-state index contributed by atoms with van der Waals surface area (Å²) in [6, 6.07) is 5.80. The van der Waals surface area contributed by atoms with Crippen molar-refractivity contribution < 1.29 is 23.4 Å². The normalized spacial score (nSPS) is 12.0. The molecule has 3 N–H and O–H groups in total. The second kappa shape index (κ2) is 13.3. The number of unbranched alkanes of at least 4 members (excludes halogenated alkanes) is 3. The van der Waals surface area contributed by atoms with Gasteiger partial charge in [0.2, 0.25) is 15.9 Å². The van der Waals surface area contributed by atoms with Crippen molar-refractivity contribution in [3.8, 4) is 5.88 Å². The zero-order chi connectivity index (χ0) is 25.1. The fourth-order valence-electron chi connectivity index (χ4n) is 3.25.